The van der Waals surface area contributed by atoms with Gasteiger partial charge in [-0.25, -0.2) is 29.9 Å². The number of aromatic nitrogens is 9. The summed E-state index contributed by atoms with van der Waals surface area (Å²) in [6.45, 7) is 5.85. The molecule has 67 heavy (non-hydrogen) atoms. The summed E-state index contributed by atoms with van der Waals surface area (Å²) in [5.41, 5.74) is 6.63. The molecule has 10 rings (SSSR count). The Labute approximate surface area is 395 Å². The lowest BCUT2D eigenvalue weighted by Gasteiger charge is -2.13. The molecular weight excluding hydrogens is 881 g/mol. The summed E-state index contributed by atoms with van der Waals surface area (Å²) < 4.78 is 28.4. The zero-order chi connectivity index (χ0) is 45.9. The SMILES string of the molecule is COCCNc1nc(-c2nccn2COc2nc(-c3nccn3C)nc3c(-c4ccc(OCC(C)C)nc4)c(-c4ccccc4)sc23)nc2sc(-c3cccc(OC)c3)c(-c3ccccc3)c12. The van der Waals surface area contributed by atoms with Crippen LogP contribution in [0.15, 0.2) is 128 Å². The van der Waals surface area contributed by atoms with Crippen molar-refractivity contribution < 1.29 is 18.9 Å². The number of aryl methyl sites for hydroxylation is 1. The second-order valence-electron chi connectivity index (χ2n) is 16.0. The van der Waals surface area contributed by atoms with E-state index in [0.717, 1.165) is 69.3 Å². The number of ether oxygens (including phenoxy) is 4. The summed E-state index contributed by atoms with van der Waals surface area (Å²) in [4.78, 5) is 37.7. The molecule has 0 bridgehead atoms. The minimum Gasteiger partial charge on any atom is -0.497 e. The molecule has 10 aromatic rings. The van der Waals surface area contributed by atoms with E-state index in [4.69, 9.17) is 48.9 Å². The van der Waals surface area contributed by atoms with Crippen LogP contribution in [0.5, 0.6) is 17.5 Å². The van der Waals surface area contributed by atoms with E-state index in [1.165, 1.54) is 0 Å². The molecule has 7 heterocycles. The Bertz CT molecular complexity index is 3310. The lowest BCUT2D eigenvalue weighted by atomic mass is 9.99. The van der Waals surface area contributed by atoms with Crippen molar-refractivity contribution >= 4 is 48.9 Å². The van der Waals surface area contributed by atoms with Crippen molar-refractivity contribution in [1.82, 2.24) is 44.0 Å². The zero-order valence-corrected chi connectivity index (χ0v) is 39.1. The number of thiophene rings is 2. The van der Waals surface area contributed by atoms with E-state index in [9.17, 15) is 0 Å². The molecule has 0 unspecified atom stereocenters. The number of benzene rings is 3. The van der Waals surface area contributed by atoms with Crippen LogP contribution in [0, 0.1) is 5.92 Å². The van der Waals surface area contributed by atoms with E-state index in [2.05, 4.69) is 54.5 Å². The van der Waals surface area contributed by atoms with Crippen LogP contribution in [-0.4, -0.2) is 78.0 Å². The molecule has 0 aliphatic heterocycles. The molecule has 0 aliphatic carbocycles. The van der Waals surface area contributed by atoms with Gasteiger partial charge in [0.15, 0.2) is 30.0 Å². The predicted octanol–water partition coefficient (Wildman–Crippen LogP) is 11.2. The molecule has 0 spiro atoms. The minimum absolute atomic E-state index is 0.0431. The number of nitrogens with one attached hydrogen (secondary N) is 1. The second kappa shape index (κ2) is 19.1. The van der Waals surface area contributed by atoms with E-state index in [-0.39, 0.29) is 6.73 Å². The summed E-state index contributed by atoms with van der Waals surface area (Å²) >= 11 is 3.17. The topological polar surface area (TPSA) is 149 Å². The Hall–Kier alpha value is -7.53. The lowest BCUT2D eigenvalue weighted by molar-refractivity contribution is 0.210. The minimum atomic E-state index is 0.0431. The van der Waals surface area contributed by atoms with Gasteiger partial charge in [-0.15, -0.1) is 22.7 Å². The van der Waals surface area contributed by atoms with Gasteiger partial charge in [0, 0.05) is 84.2 Å². The van der Waals surface area contributed by atoms with E-state index >= 15 is 0 Å². The molecule has 1 N–H and O–H groups in total. The van der Waals surface area contributed by atoms with Gasteiger partial charge in [0.2, 0.25) is 11.8 Å². The highest BCUT2D eigenvalue weighted by Crippen LogP contribution is 2.49. The quantitative estimate of drug-likeness (QED) is 0.0866. The van der Waals surface area contributed by atoms with Gasteiger partial charge in [-0.05, 0) is 40.8 Å². The number of pyridine rings is 1. The fourth-order valence-corrected chi connectivity index (χ4v) is 10.2. The first-order valence-electron chi connectivity index (χ1n) is 21.7. The molecule has 0 saturated heterocycles. The van der Waals surface area contributed by atoms with Gasteiger partial charge >= 0.3 is 0 Å². The fourth-order valence-electron chi connectivity index (χ4n) is 7.76. The van der Waals surface area contributed by atoms with Crippen LogP contribution in [0.3, 0.4) is 0 Å². The maximum Gasteiger partial charge on any atom is 0.237 e. The van der Waals surface area contributed by atoms with Gasteiger partial charge in [-0.2, -0.15) is 4.98 Å². The first-order valence-corrected chi connectivity index (χ1v) is 23.4. The molecule has 336 valence electrons. The molecule has 0 aliphatic rings. The Kier molecular flexibility index (Phi) is 12.4. The number of fused-ring (bicyclic) bond motifs is 2. The number of hydrogen-bond acceptors (Lipinski definition) is 14. The van der Waals surface area contributed by atoms with E-state index in [1.54, 1.807) is 49.3 Å². The standard InChI is InChI=1S/C51H46N10O4S2/c1-31(2)29-64-37-20-19-35(28-55-37)39-41-44(66-42(39)33-15-10-7-11-16-33)50(58-46(56-41)48-53-21-24-60(48)3)65-30-61-25-22-54-49(61)47-57-45(52-23-26-62-4)40-38(32-13-8-6-9-14-32)43(67-51(40)59-47)34-17-12-18-36(27-34)63-5/h6-22,24-25,27-28,31H,23,26,29-30H2,1-5H3,(H,52,57,59). The lowest BCUT2D eigenvalue weighted by Crippen LogP contribution is -2.12. The molecular formula is C51H46N10O4S2. The third-order valence-electron chi connectivity index (χ3n) is 10.9. The Morgan fingerprint density at radius 1 is 0.687 bits per heavy atom. The van der Waals surface area contributed by atoms with Crippen LogP contribution < -0.4 is 19.5 Å². The maximum absolute atomic E-state index is 6.79. The first kappa shape index (κ1) is 43.4. The third kappa shape index (κ3) is 8.81. The Morgan fingerprint density at radius 3 is 2.16 bits per heavy atom. The van der Waals surface area contributed by atoms with Crippen molar-refractivity contribution in [2.24, 2.45) is 13.0 Å². The predicted molar refractivity (Wildman–Crippen MR) is 266 cm³/mol. The highest BCUT2D eigenvalue weighted by Gasteiger charge is 2.26. The van der Waals surface area contributed by atoms with E-state index < -0.39 is 0 Å². The van der Waals surface area contributed by atoms with Crippen molar-refractivity contribution in [2.45, 2.75) is 20.6 Å². The number of anilines is 1. The number of methoxy groups -OCH3 is 2. The van der Waals surface area contributed by atoms with Crippen LogP contribution in [-0.2, 0) is 18.5 Å². The van der Waals surface area contributed by atoms with Crippen LogP contribution in [0.2, 0.25) is 0 Å². The molecule has 0 fully saturated rings. The second-order valence-corrected chi connectivity index (χ2v) is 18.1. The van der Waals surface area contributed by atoms with Gasteiger partial charge in [-0.3, -0.25) is 4.57 Å². The van der Waals surface area contributed by atoms with E-state index in [0.29, 0.717) is 66.6 Å². The third-order valence-corrected chi connectivity index (χ3v) is 13.3. The molecule has 7 aromatic heterocycles. The van der Waals surface area contributed by atoms with E-state index in [1.807, 2.05) is 102 Å². The van der Waals surface area contributed by atoms with Gasteiger partial charge in [0.25, 0.3) is 0 Å². The average molecular weight is 927 g/mol. The number of hydrogen-bond donors (Lipinski definition) is 1. The van der Waals surface area contributed by atoms with Crippen molar-refractivity contribution in [3.63, 3.8) is 0 Å². The molecule has 0 saturated carbocycles. The van der Waals surface area contributed by atoms with Crippen molar-refractivity contribution in [3.8, 4) is 83.9 Å². The number of nitrogens with zero attached hydrogens (tertiary/aromatic N) is 9. The monoisotopic (exact) mass is 926 g/mol. The van der Waals surface area contributed by atoms with Gasteiger partial charge in [0.1, 0.15) is 21.1 Å². The molecule has 0 atom stereocenters. The Balaban J connectivity index is 1.08. The smallest absolute Gasteiger partial charge is 0.237 e. The fraction of sp³-hybridized carbons (Fsp3) is 0.196. The summed E-state index contributed by atoms with van der Waals surface area (Å²) in [6, 6.07) is 32.6. The summed E-state index contributed by atoms with van der Waals surface area (Å²) in [5, 5.41) is 4.47. The average Bonchev–Trinajstić information content (AvgIpc) is 4.18. The van der Waals surface area contributed by atoms with Crippen LogP contribution in [0.4, 0.5) is 5.82 Å². The highest BCUT2D eigenvalue weighted by molar-refractivity contribution is 7.23. The summed E-state index contributed by atoms with van der Waals surface area (Å²) in [6.07, 6.45) is 9.03. The highest BCUT2D eigenvalue weighted by atomic mass is 32.1. The van der Waals surface area contributed by atoms with Crippen molar-refractivity contribution in [2.75, 3.05) is 39.3 Å². The molecule has 16 heteroatoms. The van der Waals surface area contributed by atoms with Crippen LogP contribution >= 0.6 is 22.7 Å². The largest absolute Gasteiger partial charge is 0.497 e. The Morgan fingerprint density at radius 2 is 1.43 bits per heavy atom. The number of imidazole rings is 2. The van der Waals surface area contributed by atoms with Gasteiger partial charge in [0.05, 0.1) is 31.2 Å². The zero-order valence-electron chi connectivity index (χ0n) is 37.5. The first-order chi connectivity index (χ1) is 32.9. The molecule has 14 nitrogen and oxygen atoms in total. The van der Waals surface area contributed by atoms with Crippen molar-refractivity contribution in [1.29, 1.82) is 0 Å². The van der Waals surface area contributed by atoms with Gasteiger partial charge < -0.3 is 28.8 Å². The van der Waals surface area contributed by atoms with Crippen LogP contribution in [0.1, 0.15) is 13.8 Å². The summed E-state index contributed by atoms with van der Waals surface area (Å²) in [5.74, 6) is 4.73. The number of rotatable bonds is 17. The summed E-state index contributed by atoms with van der Waals surface area (Å²) in [7, 11) is 5.28. The molecule has 0 amide bonds. The van der Waals surface area contributed by atoms with Crippen LogP contribution in [0.25, 0.3) is 86.9 Å². The van der Waals surface area contributed by atoms with Crippen molar-refractivity contribution in [3.05, 3.63) is 128 Å². The maximum atomic E-state index is 6.79. The molecule has 0 radical (unpaired) electrons. The van der Waals surface area contributed by atoms with Gasteiger partial charge in [-0.1, -0.05) is 86.6 Å². The molecule has 3 aromatic carbocycles. The normalized spacial score (nSPS) is 11.5.